The van der Waals surface area contributed by atoms with Crippen molar-refractivity contribution in [3.05, 3.63) is 17.5 Å². The number of halogens is 5. The Bertz CT molecular complexity index is 318. The lowest BCUT2D eigenvalue weighted by molar-refractivity contribution is -0.147. The second-order valence-electron chi connectivity index (χ2n) is 2.52. The molecule has 8 heteroatoms. The highest BCUT2D eigenvalue weighted by atomic mass is 19.4. The third-order valence-corrected chi connectivity index (χ3v) is 1.52. The van der Waals surface area contributed by atoms with Crippen LogP contribution in [0.1, 0.15) is 11.3 Å². The van der Waals surface area contributed by atoms with Crippen molar-refractivity contribution in [3.8, 4) is 0 Å². The molecule has 0 atom stereocenters. The van der Waals surface area contributed by atoms with Crippen LogP contribution in [0.15, 0.2) is 6.20 Å². The standard InChI is InChI=1S/C6H5F5N2O/c7-5(8,2-14)3-1-12-13-4(3)6(9,10)11/h1,14H,2H2,(H,12,13). The van der Waals surface area contributed by atoms with Crippen LogP contribution in [0.4, 0.5) is 22.0 Å². The molecule has 14 heavy (non-hydrogen) atoms. The van der Waals surface area contributed by atoms with E-state index < -0.39 is 30.0 Å². The number of H-pyrrole nitrogens is 1. The summed E-state index contributed by atoms with van der Waals surface area (Å²) in [5.41, 5.74) is -3.00. The highest BCUT2D eigenvalue weighted by Crippen LogP contribution is 2.37. The number of aromatic nitrogens is 2. The maximum atomic E-state index is 12.7. The number of aliphatic hydroxyl groups is 1. The molecule has 0 radical (unpaired) electrons. The molecule has 0 bridgehead atoms. The van der Waals surface area contributed by atoms with Gasteiger partial charge in [-0.2, -0.15) is 27.1 Å². The minimum atomic E-state index is -4.94. The molecule has 0 amide bonds. The van der Waals surface area contributed by atoms with Crippen molar-refractivity contribution >= 4 is 0 Å². The quantitative estimate of drug-likeness (QED) is 0.736. The largest absolute Gasteiger partial charge is 0.433 e. The van der Waals surface area contributed by atoms with Gasteiger partial charge in [0.1, 0.15) is 12.3 Å². The Balaban J connectivity index is 3.18. The Labute approximate surface area is 74.5 Å². The Kier molecular flexibility index (Phi) is 2.49. The molecule has 80 valence electrons. The number of alkyl halides is 5. The zero-order chi connectivity index (χ0) is 11.0. The SMILES string of the molecule is OCC(F)(F)c1cn[nH]c1C(F)(F)F. The lowest BCUT2D eigenvalue weighted by Gasteiger charge is -2.14. The maximum absolute atomic E-state index is 12.7. The van der Waals surface area contributed by atoms with Crippen molar-refractivity contribution < 1.29 is 27.1 Å². The van der Waals surface area contributed by atoms with Crippen molar-refractivity contribution in [2.75, 3.05) is 6.61 Å². The van der Waals surface area contributed by atoms with Gasteiger partial charge in [0.25, 0.3) is 5.92 Å². The Morgan fingerprint density at radius 1 is 1.29 bits per heavy atom. The summed E-state index contributed by atoms with van der Waals surface area (Å²) in [5, 5.41) is 12.5. The highest BCUT2D eigenvalue weighted by Gasteiger charge is 2.44. The predicted octanol–water partition coefficient (Wildman–Crippen LogP) is 1.51. The summed E-state index contributed by atoms with van der Waals surface area (Å²) in [5.74, 6) is -3.95. The van der Waals surface area contributed by atoms with Crippen LogP contribution in [0.5, 0.6) is 0 Å². The van der Waals surface area contributed by atoms with Gasteiger partial charge in [-0.3, -0.25) is 5.10 Å². The predicted molar refractivity (Wildman–Crippen MR) is 34.6 cm³/mol. The molecule has 0 aliphatic heterocycles. The minimum absolute atomic E-state index is 0.346. The molecule has 0 saturated carbocycles. The van der Waals surface area contributed by atoms with Crippen LogP contribution in [0.25, 0.3) is 0 Å². The molecule has 1 rings (SSSR count). The number of hydrogen-bond acceptors (Lipinski definition) is 2. The molecular weight excluding hydrogens is 211 g/mol. The van der Waals surface area contributed by atoms with E-state index >= 15 is 0 Å². The van der Waals surface area contributed by atoms with E-state index in [1.54, 1.807) is 0 Å². The number of nitrogens with zero attached hydrogens (tertiary/aromatic N) is 1. The molecule has 0 fully saturated rings. The van der Waals surface area contributed by atoms with Crippen molar-refractivity contribution in [2.45, 2.75) is 12.1 Å². The van der Waals surface area contributed by atoms with Gasteiger partial charge in [0.15, 0.2) is 0 Å². The number of aromatic amines is 1. The Morgan fingerprint density at radius 2 is 1.86 bits per heavy atom. The first kappa shape index (κ1) is 10.9. The van der Waals surface area contributed by atoms with Gasteiger partial charge < -0.3 is 5.11 Å². The average molecular weight is 216 g/mol. The van der Waals surface area contributed by atoms with Gasteiger partial charge in [0.05, 0.1) is 11.8 Å². The summed E-state index contributed by atoms with van der Waals surface area (Å²) in [6.45, 7) is -1.70. The number of aliphatic hydroxyl groups excluding tert-OH is 1. The van der Waals surface area contributed by atoms with Crippen LogP contribution in [0, 0.1) is 0 Å². The lowest BCUT2D eigenvalue weighted by atomic mass is 10.1. The summed E-state index contributed by atoms with van der Waals surface area (Å²) in [6.07, 6.45) is -4.59. The average Bonchev–Trinajstić information content (AvgIpc) is 2.51. The lowest BCUT2D eigenvalue weighted by Crippen LogP contribution is -2.22. The van der Waals surface area contributed by atoms with Gasteiger partial charge in [-0.25, -0.2) is 0 Å². The Morgan fingerprint density at radius 3 is 2.29 bits per heavy atom. The van der Waals surface area contributed by atoms with E-state index in [1.807, 2.05) is 0 Å². The molecule has 1 aromatic rings. The van der Waals surface area contributed by atoms with Crippen LogP contribution in [-0.4, -0.2) is 21.9 Å². The van der Waals surface area contributed by atoms with Crippen molar-refractivity contribution in [3.63, 3.8) is 0 Å². The fourth-order valence-electron chi connectivity index (χ4n) is 0.865. The molecule has 0 unspecified atom stereocenters. The topological polar surface area (TPSA) is 48.9 Å². The van der Waals surface area contributed by atoms with Crippen LogP contribution >= 0.6 is 0 Å². The molecule has 0 spiro atoms. The van der Waals surface area contributed by atoms with E-state index in [9.17, 15) is 22.0 Å². The van der Waals surface area contributed by atoms with E-state index in [0.29, 0.717) is 6.20 Å². The van der Waals surface area contributed by atoms with Crippen LogP contribution in [0.3, 0.4) is 0 Å². The highest BCUT2D eigenvalue weighted by molar-refractivity contribution is 5.24. The summed E-state index contributed by atoms with van der Waals surface area (Å²) in [7, 11) is 0. The normalized spacial score (nSPS) is 13.3. The third-order valence-electron chi connectivity index (χ3n) is 1.52. The molecule has 3 nitrogen and oxygen atoms in total. The van der Waals surface area contributed by atoms with E-state index in [2.05, 4.69) is 5.10 Å². The van der Waals surface area contributed by atoms with Crippen molar-refractivity contribution in [1.29, 1.82) is 0 Å². The molecule has 0 aliphatic rings. The fraction of sp³-hybridized carbons (Fsp3) is 0.500. The smallest absolute Gasteiger partial charge is 0.390 e. The minimum Gasteiger partial charge on any atom is -0.390 e. The number of hydrogen-bond donors (Lipinski definition) is 2. The van der Waals surface area contributed by atoms with Gasteiger partial charge in [-0.15, -0.1) is 0 Å². The molecular formula is C6H5F5N2O. The van der Waals surface area contributed by atoms with Crippen LogP contribution < -0.4 is 0 Å². The summed E-state index contributed by atoms with van der Waals surface area (Å²) >= 11 is 0. The summed E-state index contributed by atoms with van der Waals surface area (Å²) in [4.78, 5) is 0. The van der Waals surface area contributed by atoms with Gasteiger partial charge in [0, 0.05) is 0 Å². The Hall–Kier alpha value is -1.18. The second-order valence-corrected chi connectivity index (χ2v) is 2.52. The maximum Gasteiger partial charge on any atom is 0.433 e. The van der Waals surface area contributed by atoms with Gasteiger partial charge >= 0.3 is 6.18 Å². The molecule has 0 saturated heterocycles. The zero-order valence-corrected chi connectivity index (χ0v) is 6.57. The van der Waals surface area contributed by atoms with E-state index in [4.69, 9.17) is 5.11 Å². The van der Waals surface area contributed by atoms with Gasteiger partial charge in [0.2, 0.25) is 0 Å². The first-order valence-corrected chi connectivity index (χ1v) is 3.39. The monoisotopic (exact) mass is 216 g/mol. The zero-order valence-electron chi connectivity index (χ0n) is 6.57. The van der Waals surface area contributed by atoms with Crippen molar-refractivity contribution in [2.24, 2.45) is 0 Å². The van der Waals surface area contributed by atoms with Gasteiger partial charge in [-0.1, -0.05) is 0 Å². The van der Waals surface area contributed by atoms with E-state index in [-0.39, 0.29) is 0 Å². The van der Waals surface area contributed by atoms with Gasteiger partial charge in [-0.05, 0) is 0 Å². The van der Waals surface area contributed by atoms with Crippen LogP contribution in [-0.2, 0) is 12.1 Å². The molecule has 0 aromatic carbocycles. The van der Waals surface area contributed by atoms with E-state index in [0.717, 1.165) is 0 Å². The third kappa shape index (κ3) is 1.84. The molecule has 2 N–H and O–H groups in total. The summed E-state index contributed by atoms with van der Waals surface area (Å²) < 4.78 is 61.6. The first-order chi connectivity index (χ1) is 6.29. The number of nitrogens with one attached hydrogen (secondary N) is 1. The second kappa shape index (κ2) is 3.19. The number of rotatable bonds is 2. The molecule has 1 heterocycles. The van der Waals surface area contributed by atoms with Crippen molar-refractivity contribution in [1.82, 2.24) is 10.2 Å². The van der Waals surface area contributed by atoms with E-state index in [1.165, 1.54) is 5.10 Å². The first-order valence-electron chi connectivity index (χ1n) is 3.39. The molecule has 0 aliphatic carbocycles. The fourth-order valence-corrected chi connectivity index (χ4v) is 0.865. The molecule has 1 aromatic heterocycles. The summed E-state index contributed by atoms with van der Waals surface area (Å²) in [6, 6.07) is 0. The van der Waals surface area contributed by atoms with Crippen LogP contribution in [0.2, 0.25) is 0 Å².